The first-order chi connectivity index (χ1) is 9.31. The summed E-state index contributed by atoms with van der Waals surface area (Å²) in [4.78, 5) is 2.64. The van der Waals surface area contributed by atoms with Crippen molar-refractivity contribution in [1.82, 2.24) is 10.2 Å². The van der Waals surface area contributed by atoms with E-state index in [1.807, 2.05) is 0 Å². The first kappa shape index (κ1) is 13.8. The summed E-state index contributed by atoms with van der Waals surface area (Å²) in [7, 11) is 0. The van der Waals surface area contributed by atoms with Gasteiger partial charge in [0.05, 0.1) is 6.61 Å². The number of hydrogen-bond acceptors (Lipinski definition) is 3. The Bertz CT molecular complexity index is 288. The lowest BCUT2D eigenvalue weighted by atomic mass is 9.82. The second-order valence-electron chi connectivity index (χ2n) is 7.06. The van der Waals surface area contributed by atoms with Crippen LogP contribution in [0.25, 0.3) is 0 Å². The summed E-state index contributed by atoms with van der Waals surface area (Å²) in [5, 5.41) is 13.9. The van der Waals surface area contributed by atoms with Gasteiger partial charge in [-0.3, -0.25) is 0 Å². The van der Waals surface area contributed by atoms with E-state index in [4.69, 9.17) is 0 Å². The fourth-order valence-electron chi connectivity index (χ4n) is 4.51. The Morgan fingerprint density at radius 3 is 2.53 bits per heavy atom. The molecule has 2 aliphatic heterocycles. The second-order valence-corrected chi connectivity index (χ2v) is 7.06. The Morgan fingerprint density at radius 2 is 1.79 bits per heavy atom. The second kappa shape index (κ2) is 6.11. The van der Waals surface area contributed by atoms with E-state index in [2.05, 4.69) is 10.2 Å². The summed E-state index contributed by atoms with van der Waals surface area (Å²) in [5.41, 5.74) is 0.0283. The van der Waals surface area contributed by atoms with Crippen molar-refractivity contribution in [1.29, 1.82) is 0 Å². The van der Waals surface area contributed by atoms with Gasteiger partial charge < -0.3 is 15.3 Å². The molecule has 3 nitrogen and oxygen atoms in total. The third kappa shape index (κ3) is 3.14. The standard InChI is InChI=1S/C16H30N2O/c19-13-16(17-14-6-3-1-2-4-7-14)9-11-18-10-5-8-15(18)12-16/h14-15,17,19H,1-13H2. The molecule has 0 aromatic rings. The van der Waals surface area contributed by atoms with Crippen LogP contribution in [0.5, 0.6) is 0 Å². The third-order valence-corrected chi connectivity index (χ3v) is 5.67. The van der Waals surface area contributed by atoms with Crippen LogP contribution in [0.15, 0.2) is 0 Å². The number of aliphatic hydroxyl groups excluding tert-OH is 1. The molecule has 2 atom stereocenters. The molecule has 110 valence electrons. The number of rotatable bonds is 3. The van der Waals surface area contributed by atoms with Crippen molar-refractivity contribution in [3.8, 4) is 0 Å². The lowest BCUT2D eigenvalue weighted by molar-refractivity contribution is 0.0491. The molecule has 0 radical (unpaired) electrons. The molecule has 2 unspecified atom stereocenters. The number of nitrogens with one attached hydrogen (secondary N) is 1. The summed E-state index contributed by atoms with van der Waals surface area (Å²) in [6.45, 7) is 2.80. The molecule has 3 rings (SSSR count). The summed E-state index contributed by atoms with van der Waals surface area (Å²) < 4.78 is 0. The molecule has 0 aromatic heterocycles. The average molecular weight is 266 g/mol. The molecule has 1 saturated carbocycles. The van der Waals surface area contributed by atoms with Crippen molar-refractivity contribution in [2.24, 2.45) is 0 Å². The molecule has 3 aliphatic rings. The molecular weight excluding hydrogens is 236 g/mol. The van der Waals surface area contributed by atoms with Crippen LogP contribution in [0.2, 0.25) is 0 Å². The molecule has 3 heteroatoms. The monoisotopic (exact) mass is 266 g/mol. The minimum Gasteiger partial charge on any atom is -0.394 e. The van der Waals surface area contributed by atoms with Crippen molar-refractivity contribution in [2.75, 3.05) is 19.7 Å². The Hall–Kier alpha value is -0.120. The molecule has 0 amide bonds. The van der Waals surface area contributed by atoms with Gasteiger partial charge in [-0.05, 0) is 45.1 Å². The Labute approximate surface area is 117 Å². The smallest absolute Gasteiger partial charge is 0.0614 e. The predicted octanol–water partition coefficient (Wildman–Crippen LogP) is 2.29. The van der Waals surface area contributed by atoms with Gasteiger partial charge in [-0.1, -0.05) is 25.7 Å². The maximum absolute atomic E-state index is 9.98. The predicted molar refractivity (Wildman–Crippen MR) is 78.3 cm³/mol. The van der Waals surface area contributed by atoms with Crippen LogP contribution in [-0.2, 0) is 0 Å². The normalized spacial score (nSPS) is 38.1. The van der Waals surface area contributed by atoms with Gasteiger partial charge in [0.2, 0.25) is 0 Å². The van der Waals surface area contributed by atoms with E-state index < -0.39 is 0 Å². The molecule has 2 heterocycles. The van der Waals surface area contributed by atoms with Crippen LogP contribution >= 0.6 is 0 Å². The zero-order valence-corrected chi connectivity index (χ0v) is 12.2. The Kier molecular flexibility index (Phi) is 4.45. The van der Waals surface area contributed by atoms with Gasteiger partial charge in [0.15, 0.2) is 0 Å². The van der Waals surface area contributed by atoms with Gasteiger partial charge in [-0.15, -0.1) is 0 Å². The molecule has 1 aliphatic carbocycles. The van der Waals surface area contributed by atoms with Gasteiger partial charge >= 0.3 is 0 Å². The van der Waals surface area contributed by atoms with Crippen LogP contribution in [0.3, 0.4) is 0 Å². The lowest BCUT2D eigenvalue weighted by Gasteiger charge is -2.45. The maximum atomic E-state index is 9.98. The minimum atomic E-state index is 0.0283. The number of nitrogens with zero attached hydrogens (tertiary/aromatic N) is 1. The van der Waals surface area contributed by atoms with E-state index in [0.29, 0.717) is 12.6 Å². The highest BCUT2D eigenvalue weighted by molar-refractivity contribution is 5.01. The number of aliphatic hydroxyl groups is 1. The van der Waals surface area contributed by atoms with Gasteiger partial charge in [-0.25, -0.2) is 0 Å². The Morgan fingerprint density at radius 1 is 1.00 bits per heavy atom. The van der Waals surface area contributed by atoms with Gasteiger partial charge in [-0.2, -0.15) is 0 Å². The SMILES string of the molecule is OCC1(NC2CCCCCC2)CCN2CCCC2C1. The van der Waals surface area contributed by atoms with E-state index >= 15 is 0 Å². The summed E-state index contributed by atoms with van der Waals surface area (Å²) in [6.07, 6.45) is 13.2. The molecule has 2 N–H and O–H groups in total. The minimum absolute atomic E-state index is 0.0283. The number of piperidine rings is 1. The van der Waals surface area contributed by atoms with E-state index in [-0.39, 0.29) is 5.54 Å². The summed E-state index contributed by atoms with van der Waals surface area (Å²) in [5.74, 6) is 0. The zero-order valence-electron chi connectivity index (χ0n) is 12.2. The highest BCUT2D eigenvalue weighted by Crippen LogP contribution is 2.34. The van der Waals surface area contributed by atoms with Gasteiger partial charge in [0.1, 0.15) is 0 Å². The molecule has 0 bridgehead atoms. The van der Waals surface area contributed by atoms with E-state index in [1.54, 1.807) is 0 Å². The van der Waals surface area contributed by atoms with Crippen LogP contribution in [0, 0.1) is 0 Å². The molecule has 2 saturated heterocycles. The molecular formula is C16H30N2O. The van der Waals surface area contributed by atoms with Crippen molar-refractivity contribution < 1.29 is 5.11 Å². The van der Waals surface area contributed by atoms with Crippen molar-refractivity contribution in [3.05, 3.63) is 0 Å². The van der Waals surface area contributed by atoms with Crippen LogP contribution in [0.4, 0.5) is 0 Å². The van der Waals surface area contributed by atoms with Crippen molar-refractivity contribution >= 4 is 0 Å². The molecule has 0 spiro atoms. The number of fused-ring (bicyclic) bond motifs is 1. The summed E-state index contributed by atoms with van der Waals surface area (Å²) >= 11 is 0. The highest BCUT2D eigenvalue weighted by atomic mass is 16.3. The van der Waals surface area contributed by atoms with E-state index in [1.165, 1.54) is 70.9 Å². The first-order valence-electron chi connectivity index (χ1n) is 8.44. The number of hydrogen-bond donors (Lipinski definition) is 2. The average Bonchev–Trinajstić information content (AvgIpc) is 2.74. The lowest BCUT2D eigenvalue weighted by Crippen LogP contribution is -2.60. The van der Waals surface area contributed by atoms with Gasteiger partial charge in [0, 0.05) is 24.2 Å². The van der Waals surface area contributed by atoms with Crippen LogP contribution < -0.4 is 5.32 Å². The maximum Gasteiger partial charge on any atom is 0.0614 e. The highest BCUT2D eigenvalue weighted by Gasteiger charge is 2.41. The first-order valence-corrected chi connectivity index (χ1v) is 8.44. The van der Waals surface area contributed by atoms with Crippen LogP contribution in [-0.4, -0.2) is 47.3 Å². The quantitative estimate of drug-likeness (QED) is 0.769. The van der Waals surface area contributed by atoms with Crippen molar-refractivity contribution in [3.63, 3.8) is 0 Å². The topological polar surface area (TPSA) is 35.5 Å². The van der Waals surface area contributed by atoms with E-state index in [0.717, 1.165) is 12.5 Å². The van der Waals surface area contributed by atoms with Crippen LogP contribution in [0.1, 0.15) is 64.2 Å². The zero-order chi connectivity index (χ0) is 13.1. The molecule has 0 aromatic carbocycles. The molecule has 19 heavy (non-hydrogen) atoms. The third-order valence-electron chi connectivity index (χ3n) is 5.67. The largest absolute Gasteiger partial charge is 0.394 e. The van der Waals surface area contributed by atoms with E-state index in [9.17, 15) is 5.11 Å². The molecule has 3 fully saturated rings. The fraction of sp³-hybridized carbons (Fsp3) is 1.00. The Balaban J connectivity index is 1.62. The fourth-order valence-corrected chi connectivity index (χ4v) is 4.51. The van der Waals surface area contributed by atoms with Gasteiger partial charge in [0.25, 0.3) is 0 Å². The summed E-state index contributed by atoms with van der Waals surface area (Å²) in [6, 6.07) is 1.39. The van der Waals surface area contributed by atoms with Crippen molar-refractivity contribution in [2.45, 2.75) is 81.8 Å².